The summed E-state index contributed by atoms with van der Waals surface area (Å²) in [6.07, 6.45) is 2.21. The van der Waals surface area contributed by atoms with Crippen LogP contribution in [0.2, 0.25) is 0 Å². The van der Waals surface area contributed by atoms with Crippen molar-refractivity contribution in [2.24, 2.45) is 46.3 Å². The average Bonchev–Trinajstić information content (AvgIpc) is 3.24. The summed E-state index contributed by atoms with van der Waals surface area (Å²) >= 11 is 0. The fourth-order valence-corrected chi connectivity index (χ4v) is 9.88. The molecule has 0 bridgehead atoms. The maximum Gasteiger partial charge on any atom is 0.186 e. The van der Waals surface area contributed by atoms with Gasteiger partial charge in [0.05, 0.1) is 19.3 Å². The van der Waals surface area contributed by atoms with E-state index in [0.717, 1.165) is 38.5 Å². The number of Topliss-reactive ketones (excluding diaryl/α,β-unsaturated/α-hetero) is 1. The Kier molecular flexibility index (Phi) is 9.43. The number of carbonyl (C=O) groups is 2. The molecule has 5 N–H and O–H groups in total. The normalized spacial score (nSPS) is 46.7. The van der Waals surface area contributed by atoms with Crippen LogP contribution in [-0.4, -0.2) is 87.1 Å². The smallest absolute Gasteiger partial charge is 0.186 e. The summed E-state index contributed by atoms with van der Waals surface area (Å²) in [7, 11) is 0. The van der Waals surface area contributed by atoms with Crippen LogP contribution in [0, 0.1) is 46.3 Å². The van der Waals surface area contributed by atoms with Crippen LogP contribution in [0.3, 0.4) is 0 Å². The van der Waals surface area contributed by atoms with Gasteiger partial charge in [0.2, 0.25) is 0 Å². The van der Waals surface area contributed by atoms with Crippen LogP contribution in [0.4, 0.5) is 0 Å². The highest BCUT2D eigenvalue weighted by Gasteiger charge is 2.62. The summed E-state index contributed by atoms with van der Waals surface area (Å²) in [6, 6.07) is 0. The van der Waals surface area contributed by atoms with Gasteiger partial charge in [0.15, 0.2) is 12.1 Å². The topological polar surface area (TPSA) is 154 Å². The molecule has 238 valence electrons. The molecule has 9 heteroatoms. The predicted molar refractivity (Wildman–Crippen MR) is 154 cm³/mol. The lowest BCUT2D eigenvalue weighted by Crippen LogP contribution is -2.59. The second-order valence-electron chi connectivity index (χ2n) is 14.8. The molecule has 4 aliphatic carbocycles. The SMILES string of the molecule is CC(CCC(=O)[C@@H](C)[C@H]1[C@H](O)C[C@H]2[C@@H]3CCC4=CC(=O)CC[C@]4(C)[C@H]3CC[C@]12C)CO[C@@H]1O[C@H](CO)[C@@H](O)[C@H](O)[C@H]1O. The van der Waals surface area contributed by atoms with E-state index in [-0.39, 0.29) is 46.8 Å². The minimum Gasteiger partial charge on any atom is -0.394 e. The van der Waals surface area contributed by atoms with Crippen LogP contribution in [-0.2, 0) is 19.1 Å². The zero-order valence-electron chi connectivity index (χ0n) is 25.7. The highest BCUT2D eigenvalue weighted by Crippen LogP contribution is 2.67. The van der Waals surface area contributed by atoms with Crippen LogP contribution in [0.1, 0.15) is 85.5 Å². The first-order chi connectivity index (χ1) is 19.8. The number of ketones is 2. The molecule has 5 rings (SSSR count). The number of fused-ring (bicyclic) bond motifs is 5. The van der Waals surface area contributed by atoms with Crippen molar-refractivity contribution in [1.82, 2.24) is 0 Å². The summed E-state index contributed by atoms with van der Waals surface area (Å²) in [5.74, 6) is 1.48. The van der Waals surface area contributed by atoms with Gasteiger partial charge in [-0.3, -0.25) is 9.59 Å². The van der Waals surface area contributed by atoms with Crippen LogP contribution in [0.15, 0.2) is 11.6 Å². The third-order valence-electron chi connectivity index (χ3n) is 12.4. The van der Waals surface area contributed by atoms with E-state index in [2.05, 4.69) is 13.8 Å². The molecule has 9 nitrogen and oxygen atoms in total. The van der Waals surface area contributed by atoms with Crippen molar-refractivity contribution in [3.8, 4) is 0 Å². The number of rotatable bonds is 9. The van der Waals surface area contributed by atoms with Gasteiger partial charge in [0, 0.05) is 18.8 Å². The van der Waals surface area contributed by atoms with E-state index in [9.17, 15) is 35.1 Å². The predicted octanol–water partition coefficient (Wildman–Crippen LogP) is 2.54. The third-order valence-corrected chi connectivity index (χ3v) is 12.4. The Morgan fingerprint density at radius 1 is 1.05 bits per heavy atom. The second-order valence-corrected chi connectivity index (χ2v) is 14.8. The number of hydrogen-bond acceptors (Lipinski definition) is 9. The molecule has 1 saturated heterocycles. The van der Waals surface area contributed by atoms with Crippen molar-refractivity contribution >= 4 is 11.6 Å². The van der Waals surface area contributed by atoms with Gasteiger partial charge in [-0.05, 0) is 91.4 Å². The van der Waals surface area contributed by atoms with E-state index in [1.54, 1.807) is 0 Å². The number of carbonyl (C=O) groups excluding carboxylic acids is 2. The van der Waals surface area contributed by atoms with Gasteiger partial charge < -0.3 is 35.0 Å². The van der Waals surface area contributed by atoms with Crippen molar-refractivity contribution in [2.45, 2.75) is 122 Å². The molecule has 0 radical (unpaired) electrons. The molecule has 1 heterocycles. The summed E-state index contributed by atoms with van der Waals surface area (Å²) in [5.41, 5.74) is 1.33. The molecular formula is C33H52O9. The zero-order valence-corrected chi connectivity index (χ0v) is 25.7. The number of ether oxygens (including phenoxy) is 2. The van der Waals surface area contributed by atoms with Crippen molar-refractivity contribution in [2.75, 3.05) is 13.2 Å². The molecule has 0 aromatic carbocycles. The molecule has 3 saturated carbocycles. The first-order valence-corrected chi connectivity index (χ1v) is 16.2. The van der Waals surface area contributed by atoms with Crippen LogP contribution < -0.4 is 0 Å². The molecule has 5 aliphatic rings. The number of hydrogen-bond donors (Lipinski definition) is 5. The maximum atomic E-state index is 13.5. The van der Waals surface area contributed by atoms with E-state index in [0.29, 0.717) is 37.0 Å². The molecule has 0 aromatic rings. The Balaban J connectivity index is 1.17. The summed E-state index contributed by atoms with van der Waals surface area (Å²) < 4.78 is 11.1. The summed E-state index contributed by atoms with van der Waals surface area (Å²) in [6.45, 7) is 8.27. The first kappa shape index (κ1) is 32.2. The van der Waals surface area contributed by atoms with Gasteiger partial charge >= 0.3 is 0 Å². The Morgan fingerprint density at radius 3 is 2.50 bits per heavy atom. The first-order valence-electron chi connectivity index (χ1n) is 16.2. The largest absolute Gasteiger partial charge is 0.394 e. The highest BCUT2D eigenvalue weighted by atomic mass is 16.7. The van der Waals surface area contributed by atoms with Crippen molar-refractivity contribution in [1.29, 1.82) is 0 Å². The van der Waals surface area contributed by atoms with Gasteiger partial charge in [-0.25, -0.2) is 0 Å². The third kappa shape index (κ3) is 5.57. The molecule has 0 aromatic heterocycles. The minimum atomic E-state index is -1.49. The molecule has 1 unspecified atom stereocenters. The Hall–Kier alpha value is -1.20. The van der Waals surface area contributed by atoms with E-state index < -0.39 is 43.4 Å². The molecule has 1 aliphatic heterocycles. The van der Waals surface area contributed by atoms with Crippen LogP contribution in [0.5, 0.6) is 0 Å². The highest BCUT2D eigenvalue weighted by molar-refractivity contribution is 5.91. The average molecular weight is 593 g/mol. The van der Waals surface area contributed by atoms with Crippen molar-refractivity contribution in [3.05, 3.63) is 11.6 Å². The number of allylic oxidation sites excluding steroid dienone is 1. The quantitative estimate of drug-likeness (QED) is 0.272. The fraction of sp³-hybridized carbons (Fsp3) is 0.879. The molecule has 0 spiro atoms. The molecule has 4 fully saturated rings. The van der Waals surface area contributed by atoms with Crippen LogP contribution >= 0.6 is 0 Å². The Bertz CT molecular complexity index is 1040. The molecule has 14 atom stereocenters. The number of aliphatic hydroxyl groups excluding tert-OH is 5. The lowest BCUT2D eigenvalue weighted by Gasteiger charge is -2.58. The van der Waals surface area contributed by atoms with Gasteiger partial charge in [-0.2, -0.15) is 0 Å². The summed E-state index contributed by atoms with van der Waals surface area (Å²) in [5, 5.41) is 50.9. The standard InChI is InChI=1S/C33H52O9/c1-17(16-41-31-30(40)29(39)28(38)26(15-34)42-31)5-8-24(36)18(2)27-25(37)14-23-21-7-6-19-13-20(35)9-11-32(19,3)22(21)10-12-33(23,27)4/h13,17-18,21-23,25-31,34,37-40H,5-12,14-16H2,1-4H3/t17?,18-,21-,22+,23+,25-,26-,27+,28-,29+,30-,31-,32+,33+/m1/s1. The Morgan fingerprint density at radius 2 is 1.79 bits per heavy atom. The molecular weight excluding hydrogens is 540 g/mol. The van der Waals surface area contributed by atoms with E-state index in [4.69, 9.17) is 9.47 Å². The van der Waals surface area contributed by atoms with Crippen molar-refractivity contribution < 1.29 is 44.6 Å². The van der Waals surface area contributed by atoms with E-state index in [1.807, 2.05) is 19.9 Å². The zero-order chi connectivity index (χ0) is 30.6. The molecule has 42 heavy (non-hydrogen) atoms. The monoisotopic (exact) mass is 592 g/mol. The molecule has 0 amide bonds. The van der Waals surface area contributed by atoms with E-state index in [1.165, 1.54) is 5.57 Å². The van der Waals surface area contributed by atoms with Gasteiger partial charge in [-0.15, -0.1) is 0 Å². The number of aliphatic hydroxyl groups is 5. The second kappa shape index (κ2) is 12.3. The Labute approximate surface area is 249 Å². The van der Waals surface area contributed by atoms with Gasteiger partial charge in [-0.1, -0.05) is 33.3 Å². The van der Waals surface area contributed by atoms with Gasteiger partial charge in [0.1, 0.15) is 30.2 Å². The van der Waals surface area contributed by atoms with E-state index >= 15 is 0 Å². The van der Waals surface area contributed by atoms with Crippen LogP contribution in [0.25, 0.3) is 0 Å². The van der Waals surface area contributed by atoms with Gasteiger partial charge in [0.25, 0.3) is 0 Å². The minimum absolute atomic E-state index is 0.0339. The summed E-state index contributed by atoms with van der Waals surface area (Å²) in [4.78, 5) is 25.7. The maximum absolute atomic E-state index is 13.5. The van der Waals surface area contributed by atoms with Crippen molar-refractivity contribution in [3.63, 3.8) is 0 Å². The fourth-order valence-electron chi connectivity index (χ4n) is 9.88. The lowest BCUT2D eigenvalue weighted by atomic mass is 9.46. The lowest BCUT2D eigenvalue weighted by molar-refractivity contribution is -0.303.